The van der Waals surface area contributed by atoms with Crippen molar-refractivity contribution in [3.05, 3.63) is 54.1 Å². The molecule has 1 aromatic carbocycles. The van der Waals surface area contributed by atoms with Crippen LogP contribution in [0.15, 0.2) is 42.9 Å². The predicted octanol–water partition coefficient (Wildman–Crippen LogP) is 0.911. The van der Waals surface area contributed by atoms with Crippen LogP contribution in [-0.2, 0) is 17.8 Å². The molecule has 4 heteroatoms. The first-order valence-corrected chi connectivity index (χ1v) is 5.46. The summed E-state index contributed by atoms with van der Waals surface area (Å²) in [6.07, 6.45) is 5.84. The molecule has 0 fully saturated rings. The molecule has 2 aromatic rings. The zero-order chi connectivity index (χ0) is 12.1. The minimum Gasteiger partial charge on any atom is -0.333 e. The second-order valence-corrected chi connectivity index (χ2v) is 3.95. The molecule has 2 N–H and O–H groups in total. The minimum atomic E-state index is -0.588. The summed E-state index contributed by atoms with van der Waals surface area (Å²) in [4.78, 5) is 14.5. The summed E-state index contributed by atoms with van der Waals surface area (Å²) in [5.41, 5.74) is 7.52. The van der Waals surface area contributed by atoms with Gasteiger partial charge in [0.1, 0.15) is 0 Å². The molecule has 0 spiro atoms. The van der Waals surface area contributed by atoms with Crippen molar-refractivity contribution in [1.82, 2.24) is 9.55 Å². The van der Waals surface area contributed by atoms with Crippen molar-refractivity contribution >= 4 is 6.29 Å². The molecule has 1 atom stereocenters. The van der Waals surface area contributed by atoms with Gasteiger partial charge in [-0.25, -0.2) is 4.98 Å². The van der Waals surface area contributed by atoms with Gasteiger partial charge in [0.2, 0.25) is 6.29 Å². The lowest BCUT2D eigenvalue weighted by Crippen LogP contribution is -2.24. The summed E-state index contributed by atoms with van der Waals surface area (Å²) in [6, 6.07) is 9.53. The van der Waals surface area contributed by atoms with Crippen molar-refractivity contribution in [3.63, 3.8) is 0 Å². The van der Waals surface area contributed by atoms with Crippen molar-refractivity contribution in [3.8, 4) is 0 Å². The van der Waals surface area contributed by atoms with E-state index in [1.54, 1.807) is 12.6 Å². The first kappa shape index (κ1) is 11.5. The molecular weight excluding hydrogens is 214 g/mol. The molecule has 17 heavy (non-hydrogen) atoms. The van der Waals surface area contributed by atoms with E-state index in [0.717, 1.165) is 12.2 Å². The summed E-state index contributed by atoms with van der Waals surface area (Å²) in [5, 5.41) is 0. The lowest BCUT2D eigenvalue weighted by atomic mass is 10.2. The molecule has 4 nitrogen and oxygen atoms in total. The van der Waals surface area contributed by atoms with Crippen LogP contribution >= 0.6 is 0 Å². The van der Waals surface area contributed by atoms with E-state index in [9.17, 15) is 4.79 Å². The van der Waals surface area contributed by atoms with Crippen LogP contribution in [0.2, 0.25) is 0 Å². The van der Waals surface area contributed by atoms with Crippen molar-refractivity contribution in [2.24, 2.45) is 5.73 Å². The number of hydrogen-bond donors (Lipinski definition) is 1. The number of nitrogens with zero attached hydrogens (tertiary/aromatic N) is 2. The quantitative estimate of drug-likeness (QED) is 0.827. The lowest BCUT2D eigenvalue weighted by Gasteiger charge is -2.01. The van der Waals surface area contributed by atoms with Gasteiger partial charge in [-0.05, 0) is 5.56 Å². The Balaban J connectivity index is 2.01. The highest BCUT2D eigenvalue weighted by atomic mass is 16.1. The van der Waals surface area contributed by atoms with Gasteiger partial charge < -0.3 is 10.3 Å². The second kappa shape index (κ2) is 5.41. The van der Waals surface area contributed by atoms with Crippen LogP contribution in [0.4, 0.5) is 0 Å². The number of rotatable bonds is 5. The number of imidazole rings is 1. The van der Waals surface area contributed by atoms with Crippen LogP contribution < -0.4 is 5.73 Å². The Morgan fingerprint density at radius 3 is 2.82 bits per heavy atom. The van der Waals surface area contributed by atoms with Crippen LogP contribution in [0, 0.1) is 0 Å². The monoisotopic (exact) mass is 228 g/mol. The molecule has 0 amide bonds. The van der Waals surface area contributed by atoms with Gasteiger partial charge in [0.25, 0.3) is 0 Å². The predicted molar refractivity (Wildman–Crippen MR) is 65.1 cm³/mol. The van der Waals surface area contributed by atoms with E-state index in [2.05, 4.69) is 17.1 Å². The van der Waals surface area contributed by atoms with E-state index >= 15 is 0 Å². The van der Waals surface area contributed by atoms with E-state index in [1.807, 2.05) is 29.0 Å². The number of aromatic nitrogens is 2. The fourth-order valence-corrected chi connectivity index (χ4v) is 1.66. The highest BCUT2D eigenvalue weighted by Gasteiger charge is 2.06. The average Bonchev–Trinajstić information content (AvgIpc) is 2.77. The molecule has 0 saturated heterocycles. The molecule has 1 heterocycles. The molecule has 0 aliphatic carbocycles. The molecule has 0 unspecified atom stereocenters. The Bertz CT molecular complexity index is 478. The lowest BCUT2D eigenvalue weighted by molar-refractivity contribution is 0.540. The summed E-state index contributed by atoms with van der Waals surface area (Å²) >= 11 is 0. The van der Waals surface area contributed by atoms with Crippen LogP contribution in [0.25, 0.3) is 0 Å². The molecular formula is C13H14N3O. The van der Waals surface area contributed by atoms with Crippen molar-refractivity contribution in [2.45, 2.75) is 19.0 Å². The van der Waals surface area contributed by atoms with E-state index in [-0.39, 0.29) is 0 Å². The maximum atomic E-state index is 10.3. The fourth-order valence-electron chi connectivity index (χ4n) is 1.66. The Hall–Kier alpha value is -1.94. The number of benzene rings is 1. The maximum absolute atomic E-state index is 10.3. The SMILES string of the molecule is N[C@@H]([C]=O)Cc1cn(Cc2ccccc2)cn1. The maximum Gasteiger partial charge on any atom is 0.217 e. The molecule has 0 aliphatic heterocycles. The Morgan fingerprint density at radius 2 is 2.12 bits per heavy atom. The molecule has 1 radical (unpaired) electrons. The third-order valence-electron chi connectivity index (χ3n) is 2.48. The van der Waals surface area contributed by atoms with Crippen molar-refractivity contribution < 1.29 is 4.79 Å². The van der Waals surface area contributed by atoms with Crippen molar-refractivity contribution in [2.75, 3.05) is 0 Å². The summed E-state index contributed by atoms with van der Waals surface area (Å²) in [5.74, 6) is 0. The Kier molecular flexibility index (Phi) is 3.67. The standard InChI is InChI=1S/C13H14N3O/c14-12(9-17)6-13-8-16(10-15-13)7-11-4-2-1-3-5-11/h1-5,8,10,12H,6-7,14H2/t12-/m1/s1. The number of carbonyl (C=O) groups excluding carboxylic acids is 1. The number of hydrogen-bond acceptors (Lipinski definition) is 3. The highest BCUT2D eigenvalue weighted by molar-refractivity contribution is 5.58. The summed E-state index contributed by atoms with van der Waals surface area (Å²) in [7, 11) is 0. The largest absolute Gasteiger partial charge is 0.333 e. The zero-order valence-corrected chi connectivity index (χ0v) is 9.41. The van der Waals surface area contributed by atoms with Gasteiger partial charge in [-0.15, -0.1) is 0 Å². The van der Waals surface area contributed by atoms with Gasteiger partial charge in [-0.1, -0.05) is 30.3 Å². The molecule has 0 aliphatic rings. The Morgan fingerprint density at radius 1 is 1.35 bits per heavy atom. The van der Waals surface area contributed by atoms with Crippen LogP contribution in [0.1, 0.15) is 11.3 Å². The Labute approximate surface area is 100 Å². The van der Waals surface area contributed by atoms with Crippen LogP contribution in [0.3, 0.4) is 0 Å². The van der Waals surface area contributed by atoms with Crippen molar-refractivity contribution in [1.29, 1.82) is 0 Å². The van der Waals surface area contributed by atoms with Gasteiger partial charge in [-0.3, -0.25) is 4.79 Å². The summed E-state index contributed by atoms with van der Waals surface area (Å²) in [6.45, 7) is 0.772. The van der Waals surface area contributed by atoms with E-state index < -0.39 is 6.04 Å². The zero-order valence-electron chi connectivity index (χ0n) is 9.41. The first-order valence-electron chi connectivity index (χ1n) is 5.46. The van der Waals surface area contributed by atoms with Gasteiger partial charge in [-0.2, -0.15) is 0 Å². The summed E-state index contributed by atoms with van der Waals surface area (Å²) < 4.78 is 1.97. The molecule has 0 saturated carbocycles. The topological polar surface area (TPSA) is 60.9 Å². The minimum absolute atomic E-state index is 0.436. The van der Waals surface area contributed by atoms with E-state index in [0.29, 0.717) is 6.42 Å². The third kappa shape index (κ3) is 3.26. The molecule has 2 rings (SSSR count). The van der Waals surface area contributed by atoms with Gasteiger partial charge in [0.05, 0.1) is 18.1 Å². The molecule has 0 bridgehead atoms. The van der Waals surface area contributed by atoms with Gasteiger partial charge in [0.15, 0.2) is 0 Å². The first-order chi connectivity index (χ1) is 8.28. The smallest absolute Gasteiger partial charge is 0.217 e. The van der Waals surface area contributed by atoms with Gasteiger partial charge in [0, 0.05) is 19.2 Å². The van der Waals surface area contributed by atoms with Gasteiger partial charge >= 0.3 is 0 Å². The third-order valence-corrected chi connectivity index (χ3v) is 2.48. The van der Waals surface area contributed by atoms with E-state index in [4.69, 9.17) is 5.73 Å². The van der Waals surface area contributed by atoms with E-state index in [1.165, 1.54) is 5.56 Å². The molecule has 1 aromatic heterocycles. The van der Waals surface area contributed by atoms with Crippen LogP contribution in [0.5, 0.6) is 0 Å². The van der Waals surface area contributed by atoms with Crippen LogP contribution in [-0.4, -0.2) is 21.9 Å². The fraction of sp³-hybridized carbons (Fsp3) is 0.231. The second-order valence-electron chi connectivity index (χ2n) is 3.95. The molecule has 87 valence electrons. The highest BCUT2D eigenvalue weighted by Crippen LogP contribution is 2.04. The average molecular weight is 228 g/mol. The number of nitrogens with two attached hydrogens (primary N) is 1. The normalized spacial score (nSPS) is 12.3.